The maximum Gasteiger partial charge on any atom is 0.256 e. The Labute approximate surface area is 175 Å². The third kappa shape index (κ3) is 4.68. The average Bonchev–Trinajstić information content (AvgIpc) is 2.74. The van der Waals surface area contributed by atoms with Crippen molar-refractivity contribution < 1.29 is 22.4 Å². The first-order valence-electron chi connectivity index (χ1n) is 9.57. The second-order valence-electron chi connectivity index (χ2n) is 7.34. The number of carbonyl (C=O) groups is 2. The predicted octanol–water partition coefficient (Wildman–Crippen LogP) is 2.11. The number of nitrogens with zero attached hydrogens (tertiary/aromatic N) is 2. The van der Waals surface area contributed by atoms with Crippen molar-refractivity contribution in [3.8, 4) is 0 Å². The minimum Gasteiger partial charge on any atom is -0.349 e. The Morgan fingerprint density at radius 1 is 1.07 bits per heavy atom. The quantitative estimate of drug-likeness (QED) is 0.783. The topological polar surface area (TPSA) is 86.8 Å². The Bertz CT molecular complexity index is 1050. The Morgan fingerprint density at radius 3 is 2.37 bits per heavy atom. The van der Waals surface area contributed by atoms with Crippen LogP contribution in [0.15, 0.2) is 53.4 Å². The molecule has 3 rings (SSSR count). The Kier molecular flexibility index (Phi) is 6.52. The number of benzene rings is 2. The van der Waals surface area contributed by atoms with Crippen LogP contribution in [0, 0.1) is 5.82 Å². The van der Waals surface area contributed by atoms with E-state index >= 15 is 0 Å². The summed E-state index contributed by atoms with van der Waals surface area (Å²) in [5, 5.41) is 2.89. The van der Waals surface area contributed by atoms with Gasteiger partial charge in [0.05, 0.1) is 10.5 Å². The van der Waals surface area contributed by atoms with Gasteiger partial charge in [-0.3, -0.25) is 9.59 Å². The Hall–Kier alpha value is -2.78. The minimum atomic E-state index is -3.63. The molecule has 2 aromatic rings. The Morgan fingerprint density at radius 2 is 1.73 bits per heavy atom. The van der Waals surface area contributed by atoms with Crippen LogP contribution >= 0.6 is 0 Å². The molecule has 0 unspecified atom stereocenters. The Balaban J connectivity index is 1.61. The smallest absolute Gasteiger partial charge is 0.256 e. The van der Waals surface area contributed by atoms with Gasteiger partial charge < -0.3 is 10.2 Å². The van der Waals surface area contributed by atoms with Gasteiger partial charge in [0.25, 0.3) is 11.8 Å². The van der Waals surface area contributed by atoms with Crippen LogP contribution in [0.25, 0.3) is 0 Å². The molecule has 2 aromatic carbocycles. The summed E-state index contributed by atoms with van der Waals surface area (Å²) in [6.07, 6.45) is 1.06. The highest BCUT2D eigenvalue weighted by Gasteiger charge is 2.26. The zero-order valence-electron chi connectivity index (χ0n) is 16.8. The number of nitrogens with one attached hydrogen (secondary N) is 1. The van der Waals surface area contributed by atoms with Gasteiger partial charge >= 0.3 is 0 Å². The first-order chi connectivity index (χ1) is 14.2. The number of rotatable bonds is 5. The van der Waals surface area contributed by atoms with E-state index in [2.05, 4.69) is 5.32 Å². The van der Waals surface area contributed by atoms with Gasteiger partial charge in [-0.1, -0.05) is 18.2 Å². The summed E-state index contributed by atoms with van der Waals surface area (Å²) in [7, 11) is -0.776. The molecule has 0 aliphatic carbocycles. The number of sulfonamides is 1. The summed E-state index contributed by atoms with van der Waals surface area (Å²) in [4.78, 5) is 26.7. The summed E-state index contributed by atoms with van der Waals surface area (Å²) in [5.74, 6) is -1.28. The van der Waals surface area contributed by atoms with Crippen molar-refractivity contribution in [2.45, 2.75) is 23.8 Å². The highest BCUT2D eigenvalue weighted by Crippen LogP contribution is 2.18. The second-order valence-corrected chi connectivity index (χ2v) is 9.49. The number of piperidine rings is 1. The first kappa shape index (κ1) is 21.9. The zero-order valence-corrected chi connectivity index (χ0v) is 17.7. The van der Waals surface area contributed by atoms with Crippen molar-refractivity contribution in [2.75, 3.05) is 27.2 Å². The van der Waals surface area contributed by atoms with Crippen molar-refractivity contribution in [1.82, 2.24) is 14.5 Å². The van der Waals surface area contributed by atoms with Gasteiger partial charge in [-0.25, -0.2) is 17.1 Å². The molecular formula is C21H24FN3O4S. The van der Waals surface area contributed by atoms with Crippen LogP contribution in [0.1, 0.15) is 33.6 Å². The molecule has 7 nitrogen and oxygen atoms in total. The number of hydrogen-bond acceptors (Lipinski definition) is 4. The van der Waals surface area contributed by atoms with Crippen LogP contribution in [-0.4, -0.2) is 62.7 Å². The van der Waals surface area contributed by atoms with Gasteiger partial charge in [0.1, 0.15) is 5.82 Å². The van der Waals surface area contributed by atoms with E-state index in [1.807, 2.05) is 0 Å². The number of halogens is 1. The molecule has 2 amide bonds. The molecule has 0 radical (unpaired) electrons. The van der Waals surface area contributed by atoms with E-state index < -0.39 is 15.8 Å². The highest BCUT2D eigenvalue weighted by atomic mass is 32.2. The van der Waals surface area contributed by atoms with Crippen molar-refractivity contribution >= 4 is 21.8 Å². The second kappa shape index (κ2) is 8.93. The molecule has 0 spiro atoms. The van der Waals surface area contributed by atoms with Crippen molar-refractivity contribution in [1.29, 1.82) is 0 Å². The van der Waals surface area contributed by atoms with E-state index in [9.17, 15) is 22.4 Å². The molecule has 1 N–H and O–H groups in total. The molecule has 160 valence electrons. The molecule has 9 heteroatoms. The molecule has 30 heavy (non-hydrogen) atoms. The molecule has 0 saturated carbocycles. The van der Waals surface area contributed by atoms with Crippen molar-refractivity contribution in [3.05, 3.63) is 65.5 Å². The summed E-state index contributed by atoms with van der Waals surface area (Å²) in [6.45, 7) is 0.792. The molecule has 1 aliphatic heterocycles. The summed E-state index contributed by atoms with van der Waals surface area (Å²) < 4.78 is 39.5. The average molecular weight is 434 g/mol. The lowest BCUT2D eigenvalue weighted by Gasteiger charge is -2.32. The van der Waals surface area contributed by atoms with Gasteiger partial charge in [-0.05, 0) is 43.2 Å². The fourth-order valence-corrected chi connectivity index (χ4v) is 4.26. The van der Waals surface area contributed by atoms with Crippen molar-refractivity contribution in [2.24, 2.45) is 0 Å². The third-order valence-electron chi connectivity index (χ3n) is 5.10. The van der Waals surface area contributed by atoms with Gasteiger partial charge in [0, 0.05) is 38.8 Å². The molecule has 1 fully saturated rings. The standard InChI is InChI=1S/C21H24FN3O4S/c1-24(2)30(28,29)17-7-5-6-15(14-17)20(26)23-16-10-12-25(13-11-16)21(27)18-8-3-4-9-19(18)22/h3-9,14,16H,10-13H2,1-2H3,(H,23,26). The summed E-state index contributed by atoms with van der Waals surface area (Å²) in [5.41, 5.74) is 0.293. The molecule has 1 heterocycles. The lowest BCUT2D eigenvalue weighted by Crippen LogP contribution is -2.46. The van der Waals surface area contributed by atoms with Crippen LogP contribution < -0.4 is 5.32 Å². The monoisotopic (exact) mass is 433 g/mol. The number of likely N-dealkylation sites (tertiary alicyclic amines) is 1. The molecule has 0 aromatic heterocycles. The molecule has 0 atom stereocenters. The SMILES string of the molecule is CN(C)S(=O)(=O)c1cccc(C(=O)NC2CCN(C(=O)c3ccccc3F)CC2)c1. The lowest BCUT2D eigenvalue weighted by molar-refractivity contribution is 0.0693. The third-order valence-corrected chi connectivity index (χ3v) is 6.91. The molecule has 1 saturated heterocycles. The van der Waals surface area contributed by atoms with E-state index in [-0.39, 0.29) is 33.9 Å². The molecule has 0 bridgehead atoms. The van der Waals surface area contributed by atoms with E-state index in [1.165, 1.54) is 50.5 Å². The van der Waals surface area contributed by atoms with E-state index in [0.29, 0.717) is 25.9 Å². The van der Waals surface area contributed by atoms with E-state index in [4.69, 9.17) is 0 Å². The fraction of sp³-hybridized carbons (Fsp3) is 0.333. The number of carbonyl (C=O) groups excluding carboxylic acids is 2. The van der Waals surface area contributed by atoms with Crippen molar-refractivity contribution in [3.63, 3.8) is 0 Å². The largest absolute Gasteiger partial charge is 0.349 e. The van der Waals surface area contributed by atoms with Crippen LogP contribution in [0.2, 0.25) is 0 Å². The van der Waals surface area contributed by atoms with Gasteiger partial charge in [0.2, 0.25) is 10.0 Å². The highest BCUT2D eigenvalue weighted by molar-refractivity contribution is 7.89. The first-order valence-corrected chi connectivity index (χ1v) is 11.0. The molecular weight excluding hydrogens is 409 g/mol. The van der Waals surface area contributed by atoms with Crippen LogP contribution in [0.4, 0.5) is 4.39 Å². The lowest BCUT2D eigenvalue weighted by atomic mass is 10.0. The maximum absolute atomic E-state index is 13.8. The summed E-state index contributed by atoms with van der Waals surface area (Å²) >= 11 is 0. The maximum atomic E-state index is 13.8. The van der Waals surface area contributed by atoms with Gasteiger partial charge in [-0.2, -0.15) is 0 Å². The number of amides is 2. The fourth-order valence-electron chi connectivity index (χ4n) is 3.31. The normalized spacial score (nSPS) is 15.3. The predicted molar refractivity (Wildman–Crippen MR) is 110 cm³/mol. The van der Waals surface area contributed by atoms with Gasteiger partial charge in [-0.15, -0.1) is 0 Å². The zero-order chi connectivity index (χ0) is 21.9. The van der Waals surface area contributed by atoms with Gasteiger partial charge in [0.15, 0.2) is 0 Å². The number of hydrogen-bond donors (Lipinski definition) is 1. The van der Waals surface area contributed by atoms with E-state index in [1.54, 1.807) is 17.0 Å². The van der Waals surface area contributed by atoms with Crippen LogP contribution in [-0.2, 0) is 10.0 Å². The minimum absolute atomic E-state index is 0.0407. The van der Waals surface area contributed by atoms with Crippen LogP contribution in [0.3, 0.4) is 0 Å². The summed E-state index contributed by atoms with van der Waals surface area (Å²) in [6, 6.07) is 11.6. The van der Waals surface area contributed by atoms with Crippen LogP contribution in [0.5, 0.6) is 0 Å². The molecule has 1 aliphatic rings. The van der Waals surface area contributed by atoms with E-state index in [0.717, 1.165) is 4.31 Å².